The van der Waals surface area contributed by atoms with E-state index in [4.69, 9.17) is 10.3 Å². The molecule has 2 N–H and O–H groups in total. The van der Waals surface area contributed by atoms with Crippen LogP contribution in [0.3, 0.4) is 0 Å². The van der Waals surface area contributed by atoms with Gasteiger partial charge in [0.15, 0.2) is 0 Å². The number of nitrogens with zero attached hydrogens (tertiary/aromatic N) is 3. The van der Waals surface area contributed by atoms with Crippen LogP contribution in [-0.2, 0) is 6.42 Å². The van der Waals surface area contributed by atoms with Crippen molar-refractivity contribution in [2.24, 2.45) is 11.1 Å². The van der Waals surface area contributed by atoms with Gasteiger partial charge in [-0.3, -0.25) is 0 Å². The molecule has 0 aromatic carbocycles. The van der Waals surface area contributed by atoms with Gasteiger partial charge in [0.2, 0.25) is 5.89 Å². The molecular formula is C14H26N4O. The second-order valence-electron chi connectivity index (χ2n) is 5.60. The molecule has 5 heteroatoms. The second kappa shape index (κ2) is 6.37. The normalized spacial score (nSPS) is 18.5. The molecular weight excluding hydrogens is 240 g/mol. The summed E-state index contributed by atoms with van der Waals surface area (Å²) in [6, 6.07) is 0. The molecule has 0 bridgehead atoms. The fraction of sp³-hybridized carbons (Fsp3) is 0.857. The fourth-order valence-corrected chi connectivity index (χ4v) is 3.03. The lowest BCUT2D eigenvalue weighted by atomic mass is 9.72. The molecule has 1 aliphatic rings. The Bertz CT molecular complexity index is 381. The summed E-state index contributed by atoms with van der Waals surface area (Å²) >= 11 is 0. The Kier molecular flexibility index (Phi) is 4.80. The van der Waals surface area contributed by atoms with E-state index in [0.29, 0.717) is 5.95 Å². The van der Waals surface area contributed by atoms with E-state index in [1.165, 1.54) is 32.1 Å². The van der Waals surface area contributed by atoms with Crippen LogP contribution in [0.2, 0.25) is 0 Å². The van der Waals surface area contributed by atoms with Gasteiger partial charge >= 0.3 is 0 Å². The third kappa shape index (κ3) is 3.26. The van der Waals surface area contributed by atoms with Gasteiger partial charge in [0.1, 0.15) is 0 Å². The lowest BCUT2D eigenvalue weighted by Gasteiger charge is -2.34. The van der Waals surface area contributed by atoms with E-state index in [0.717, 1.165) is 31.9 Å². The lowest BCUT2D eigenvalue weighted by molar-refractivity contribution is 0.177. The molecule has 0 unspecified atom stereocenters. The lowest BCUT2D eigenvalue weighted by Crippen LogP contribution is -2.35. The number of hydrogen-bond donors (Lipinski definition) is 1. The van der Waals surface area contributed by atoms with Crippen LogP contribution >= 0.6 is 0 Å². The third-order valence-electron chi connectivity index (χ3n) is 4.38. The second-order valence-corrected chi connectivity index (χ2v) is 5.60. The van der Waals surface area contributed by atoms with E-state index < -0.39 is 0 Å². The molecule has 1 saturated carbocycles. The molecule has 0 spiro atoms. The number of nitrogens with two attached hydrogens (primary N) is 1. The molecule has 108 valence electrons. The predicted molar refractivity (Wildman–Crippen MR) is 76.1 cm³/mol. The molecule has 2 rings (SSSR count). The summed E-state index contributed by atoms with van der Waals surface area (Å²) in [4.78, 5) is 6.63. The topological polar surface area (TPSA) is 68.2 Å². The standard InChI is InChI=1S/C14H26N4O/c1-3-18(4-2)13-16-12(19-17-13)10-14(11-15)8-6-5-7-9-14/h3-11,15H2,1-2H3. The molecule has 0 atom stereocenters. The summed E-state index contributed by atoms with van der Waals surface area (Å²) in [7, 11) is 0. The Morgan fingerprint density at radius 3 is 2.47 bits per heavy atom. The van der Waals surface area contributed by atoms with Crippen molar-refractivity contribution in [3.05, 3.63) is 5.89 Å². The van der Waals surface area contributed by atoms with Gasteiger partial charge in [0.25, 0.3) is 5.95 Å². The Hall–Kier alpha value is -1.10. The van der Waals surface area contributed by atoms with E-state index in [-0.39, 0.29) is 5.41 Å². The highest BCUT2D eigenvalue weighted by Gasteiger charge is 2.33. The van der Waals surface area contributed by atoms with Crippen LogP contribution < -0.4 is 10.6 Å². The molecule has 1 heterocycles. The van der Waals surface area contributed by atoms with E-state index in [9.17, 15) is 0 Å². The molecule has 5 nitrogen and oxygen atoms in total. The van der Waals surface area contributed by atoms with Crippen molar-refractivity contribution in [3.8, 4) is 0 Å². The van der Waals surface area contributed by atoms with Gasteiger partial charge in [-0.2, -0.15) is 4.98 Å². The summed E-state index contributed by atoms with van der Waals surface area (Å²) in [5.41, 5.74) is 6.19. The monoisotopic (exact) mass is 266 g/mol. The minimum absolute atomic E-state index is 0.186. The molecule has 19 heavy (non-hydrogen) atoms. The first-order valence-corrected chi connectivity index (χ1v) is 7.50. The summed E-state index contributed by atoms with van der Waals surface area (Å²) in [5, 5.41) is 4.09. The summed E-state index contributed by atoms with van der Waals surface area (Å²) in [5.74, 6) is 1.46. The van der Waals surface area contributed by atoms with Gasteiger partial charge in [-0.1, -0.05) is 19.3 Å². The number of rotatable bonds is 6. The van der Waals surface area contributed by atoms with E-state index in [1.807, 2.05) is 0 Å². The first-order chi connectivity index (χ1) is 9.23. The highest BCUT2D eigenvalue weighted by Crippen LogP contribution is 2.38. The molecule has 0 radical (unpaired) electrons. The Labute approximate surface area is 115 Å². The van der Waals surface area contributed by atoms with Gasteiger partial charge in [0, 0.05) is 19.5 Å². The molecule has 0 amide bonds. The fourth-order valence-electron chi connectivity index (χ4n) is 3.03. The summed E-state index contributed by atoms with van der Waals surface area (Å²) in [6.07, 6.45) is 7.08. The highest BCUT2D eigenvalue weighted by atomic mass is 16.5. The minimum atomic E-state index is 0.186. The van der Waals surface area contributed by atoms with Gasteiger partial charge < -0.3 is 15.2 Å². The molecule has 1 aromatic heterocycles. The minimum Gasteiger partial charge on any atom is -0.339 e. The van der Waals surface area contributed by atoms with Crippen LogP contribution in [0.1, 0.15) is 51.8 Å². The van der Waals surface area contributed by atoms with E-state index in [1.54, 1.807) is 0 Å². The zero-order valence-corrected chi connectivity index (χ0v) is 12.2. The summed E-state index contributed by atoms with van der Waals surface area (Å²) < 4.78 is 5.42. The van der Waals surface area contributed by atoms with Crippen molar-refractivity contribution < 1.29 is 4.52 Å². The maximum absolute atomic E-state index is 6.00. The van der Waals surface area contributed by atoms with Gasteiger partial charge in [-0.15, -0.1) is 0 Å². The van der Waals surface area contributed by atoms with Crippen LogP contribution in [0.25, 0.3) is 0 Å². The zero-order chi connectivity index (χ0) is 13.7. The van der Waals surface area contributed by atoms with Crippen LogP contribution in [0.5, 0.6) is 0 Å². The predicted octanol–water partition coefficient (Wildman–Crippen LogP) is 2.37. The van der Waals surface area contributed by atoms with Crippen LogP contribution in [-0.4, -0.2) is 29.8 Å². The Balaban J connectivity index is 2.05. The number of anilines is 1. The quantitative estimate of drug-likeness (QED) is 0.856. The average Bonchev–Trinajstić information content (AvgIpc) is 2.89. The smallest absolute Gasteiger partial charge is 0.266 e. The van der Waals surface area contributed by atoms with Crippen molar-refractivity contribution in [2.45, 2.75) is 52.4 Å². The van der Waals surface area contributed by atoms with Gasteiger partial charge in [0.05, 0.1) is 0 Å². The summed E-state index contributed by atoms with van der Waals surface area (Å²) in [6.45, 7) is 6.72. The SMILES string of the molecule is CCN(CC)c1noc(CC2(CN)CCCCC2)n1. The number of hydrogen-bond acceptors (Lipinski definition) is 5. The van der Waals surface area contributed by atoms with Crippen LogP contribution in [0, 0.1) is 5.41 Å². The highest BCUT2D eigenvalue weighted by molar-refractivity contribution is 5.26. The molecule has 1 fully saturated rings. The molecule has 0 saturated heterocycles. The van der Waals surface area contributed by atoms with Crippen molar-refractivity contribution in [3.63, 3.8) is 0 Å². The van der Waals surface area contributed by atoms with E-state index in [2.05, 4.69) is 28.9 Å². The first kappa shape index (κ1) is 14.3. The zero-order valence-electron chi connectivity index (χ0n) is 12.2. The Morgan fingerprint density at radius 1 is 1.21 bits per heavy atom. The maximum atomic E-state index is 6.00. The van der Waals surface area contributed by atoms with Crippen molar-refractivity contribution >= 4 is 5.95 Å². The van der Waals surface area contributed by atoms with Crippen molar-refractivity contribution in [2.75, 3.05) is 24.5 Å². The van der Waals surface area contributed by atoms with E-state index >= 15 is 0 Å². The van der Waals surface area contributed by atoms with Gasteiger partial charge in [-0.25, -0.2) is 0 Å². The molecule has 1 aromatic rings. The molecule has 0 aliphatic heterocycles. The first-order valence-electron chi connectivity index (χ1n) is 7.50. The van der Waals surface area contributed by atoms with Crippen LogP contribution in [0.4, 0.5) is 5.95 Å². The molecule has 1 aliphatic carbocycles. The number of aromatic nitrogens is 2. The van der Waals surface area contributed by atoms with Gasteiger partial charge in [-0.05, 0) is 43.8 Å². The third-order valence-corrected chi connectivity index (χ3v) is 4.38. The van der Waals surface area contributed by atoms with Crippen LogP contribution in [0.15, 0.2) is 4.52 Å². The Morgan fingerprint density at radius 2 is 1.89 bits per heavy atom. The largest absolute Gasteiger partial charge is 0.339 e. The maximum Gasteiger partial charge on any atom is 0.266 e. The average molecular weight is 266 g/mol. The van der Waals surface area contributed by atoms with Crippen molar-refractivity contribution in [1.82, 2.24) is 10.1 Å². The van der Waals surface area contributed by atoms with Crippen molar-refractivity contribution in [1.29, 1.82) is 0 Å².